The quantitative estimate of drug-likeness (QED) is 0.846. The molecule has 3 unspecified atom stereocenters. The second kappa shape index (κ2) is 5.81. The van der Waals surface area contributed by atoms with E-state index in [2.05, 4.69) is 13.6 Å². The van der Waals surface area contributed by atoms with Crippen molar-refractivity contribution in [2.75, 3.05) is 19.6 Å². The Kier molecular flexibility index (Phi) is 3.67. The molecule has 116 valence electrons. The van der Waals surface area contributed by atoms with Crippen LogP contribution in [0.25, 0.3) is 0 Å². The zero-order valence-corrected chi connectivity index (χ0v) is 12.8. The van der Waals surface area contributed by atoms with Crippen LogP contribution in [-0.4, -0.2) is 39.4 Å². The molecule has 0 N–H and O–H groups in total. The highest BCUT2D eigenvalue weighted by atomic mass is 32.1. The smallest absolute Gasteiger partial charge is 0.291 e. The molecule has 0 spiro atoms. The summed E-state index contributed by atoms with van der Waals surface area (Å²) < 4.78 is 32.9. The van der Waals surface area contributed by atoms with E-state index < -0.39 is 0 Å². The Morgan fingerprint density at radius 2 is 2.00 bits per heavy atom. The molecule has 3 atom stereocenters. The van der Waals surface area contributed by atoms with E-state index in [1.807, 2.05) is 0 Å². The van der Waals surface area contributed by atoms with Gasteiger partial charge in [0.25, 0.3) is 11.8 Å². The number of fused-ring (bicyclic) bond motifs is 2. The number of hydrogen-bond acceptors (Lipinski definition) is 6. The van der Waals surface area contributed by atoms with Gasteiger partial charge in [0.1, 0.15) is 18.5 Å². The van der Waals surface area contributed by atoms with Crippen LogP contribution in [0.1, 0.15) is 12.0 Å². The number of benzene rings is 1. The molecule has 0 radical (unpaired) electrons. The van der Waals surface area contributed by atoms with Gasteiger partial charge in [0.15, 0.2) is 0 Å². The van der Waals surface area contributed by atoms with Crippen LogP contribution in [0.2, 0.25) is 0 Å². The number of nitrogens with zero attached hydrogens (tertiary/aromatic N) is 3. The van der Waals surface area contributed by atoms with Gasteiger partial charge in [-0.15, -0.1) is 8.75 Å². The third-order valence-corrected chi connectivity index (χ3v) is 4.75. The van der Waals surface area contributed by atoms with E-state index in [1.165, 1.54) is 25.1 Å². The SMILES string of the molecule is Fc1ccc(COc2nsnc2OC2CN3CCC2C3)cc1. The molecular weight excluding hydrogens is 305 g/mol. The molecule has 0 aliphatic carbocycles. The second-order valence-electron chi connectivity index (χ2n) is 5.75. The molecule has 2 bridgehead atoms. The summed E-state index contributed by atoms with van der Waals surface area (Å²) in [7, 11) is 0. The Morgan fingerprint density at radius 3 is 2.73 bits per heavy atom. The van der Waals surface area contributed by atoms with E-state index in [9.17, 15) is 4.39 Å². The van der Waals surface area contributed by atoms with Gasteiger partial charge in [0.05, 0.1) is 11.7 Å². The van der Waals surface area contributed by atoms with Crippen molar-refractivity contribution in [3.63, 3.8) is 0 Å². The minimum absolute atomic E-state index is 0.186. The van der Waals surface area contributed by atoms with Gasteiger partial charge in [0.2, 0.25) is 0 Å². The van der Waals surface area contributed by atoms with Crippen LogP contribution in [0.15, 0.2) is 24.3 Å². The van der Waals surface area contributed by atoms with Gasteiger partial charge in [0, 0.05) is 19.0 Å². The Balaban J connectivity index is 1.39. The van der Waals surface area contributed by atoms with Gasteiger partial charge >= 0.3 is 0 Å². The van der Waals surface area contributed by atoms with Crippen molar-refractivity contribution in [3.05, 3.63) is 35.6 Å². The third-order valence-electron chi connectivity index (χ3n) is 4.25. The molecular formula is C15H16FN3O2S. The topological polar surface area (TPSA) is 47.5 Å². The summed E-state index contributed by atoms with van der Waals surface area (Å²) in [6.07, 6.45) is 1.37. The number of ether oxygens (including phenoxy) is 2. The minimum atomic E-state index is -0.255. The predicted molar refractivity (Wildman–Crippen MR) is 79.6 cm³/mol. The molecule has 2 aromatic rings. The van der Waals surface area contributed by atoms with Crippen LogP contribution in [-0.2, 0) is 6.61 Å². The first-order valence-electron chi connectivity index (χ1n) is 7.37. The molecule has 2 aliphatic heterocycles. The largest absolute Gasteiger partial charge is 0.468 e. The molecule has 4 rings (SSSR count). The first-order chi connectivity index (χ1) is 10.8. The fraction of sp³-hybridized carbons (Fsp3) is 0.467. The zero-order valence-electron chi connectivity index (χ0n) is 11.9. The Hall–Kier alpha value is -1.73. The van der Waals surface area contributed by atoms with E-state index in [4.69, 9.17) is 9.47 Å². The fourth-order valence-corrected chi connectivity index (χ4v) is 3.52. The van der Waals surface area contributed by atoms with E-state index in [1.54, 1.807) is 12.1 Å². The maximum Gasteiger partial charge on any atom is 0.291 e. The molecule has 3 heterocycles. The van der Waals surface area contributed by atoms with Crippen molar-refractivity contribution in [2.45, 2.75) is 19.1 Å². The monoisotopic (exact) mass is 321 g/mol. The highest BCUT2D eigenvalue weighted by Gasteiger charge is 2.40. The standard InChI is InChI=1S/C15H16FN3O2S/c16-12-3-1-10(2-4-12)9-20-14-15(18-22-17-14)21-13-8-19-6-5-11(13)7-19/h1-4,11,13H,5-9H2. The van der Waals surface area contributed by atoms with Gasteiger partial charge in [-0.05, 0) is 30.7 Å². The van der Waals surface area contributed by atoms with Gasteiger partial charge in [-0.2, -0.15) is 0 Å². The van der Waals surface area contributed by atoms with Crippen LogP contribution in [0.3, 0.4) is 0 Å². The number of hydrogen-bond donors (Lipinski definition) is 0. The Bertz CT molecular complexity index is 648. The minimum Gasteiger partial charge on any atom is -0.468 e. The molecule has 2 aliphatic rings. The molecule has 5 nitrogen and oxygen atoms in total. The summed E-state index contributed by atoms with van der Waals surface area (Å²) in [4.78, 5) is 2.41. The van der Waals surface area contributed by atoms with Crippen molar-refractivity contribution in [2.24, 2.45) is 5.92 Å². The van der Waals surface area contributed by atoms with Crippen LogP contribution >= 0.6 is 11.7 Å². The highest BCUT2D eigenvalue weighted by Crippen LogP contribution is 2.33. The Morgan fingerprint density at radius 1 is 1.18 bits per heavy atom. The van der Waals surface area contributed by atoms with Crippen LogP contribution in [0.4, 0.5) is 4.39 Å². The number of rotatable bonds is 5. The lowest BCUT2D eigenvalue weighted by Crippen LogP contribution is -2.32. The summed E-state index contributed by atoms with van der Waals surface area (Å²) >= 11 is 1.08. The molecule has 1 aromatic heterocycles. The van der Waals surface area contributed by atoms with Gasteiger partial charge in [-0.1, -0.05) is 12.1 Å². The first kappa shape index (κ1) is 13.9. The van der Waals surface area contributed by atoms with E-state index >= 15 is 0 Å². The van der Waals surface area contributed by atoms with Crippen molar-refractivity contribution >= 4 is 11.7 Å². The predicted octanol–water partition coefficient (Wildman–Crippen LogP) is 2.34. The first-order valence-corrected chi connectivity index (χ1v) is 8.10. The van der Waals surface area contributed by atoms with E-state index in [0.717, 1.165) is 30.4 Å². The van der Waals surface area contributed by atoms with Gasteiger partial charge in [-0.25, -0.2) is 4.39 Å². The summed E-state index contributed by atoms with van der Waals surface area (Å²) in [5.74, 6) is 1.24. The number of halogens is 1. The Labute approximate surface area is 132 Å². The molecule has 7 heteroatoms. The third kappa shape index (κ3) is 2.78. The van der Waals surface area contributed by atoms with Crippen molar-refractivity contribution in [1.29, 1.82) is 0 Å². The summed E-state index contributed by atoms with van der Waals surface area (Å²) in [5.41, 5.74) is 0.881. The average Bonchev–Trinajstić information content (AvgIpc) is 3.24. The lowest BCUT2D eigenvalue weighted by Gasteiger charge is -2.22. The highest BCUT2D eigenvalue weighted by molar-refractivity contribution is 6.99. The fourth-order valence-electron chi connectivity index (χ4n) is 3.08. The summed E-state index contributed by atoms with van der Waals surface area (Å²) in [5, 5.41) is 0. The number of piperidine rings is 1. The lowest BCUT2D eigenvalue weighted by molar-refractivity contribution is 0.129. The van der Waals surface area contributed by atoms with Crippen LogP contribution < -0.4 is 9.47 Å². The molecule has 0 saturated carbocycles. The van der Waals surface area contributed by atoms with Crippen molar-refractivity contribution in [3.8, 4) is 11.8 Å². The molecule has 0 amide bonds. The van der Waals surface area contributed by atoms with Crippen LogP contribution in [0, 0.1) is 11.7 Å². The second-order valence-corrected chi connectivity index (χ2v) is 6.28. The molecule has 2 fully saturated rings. The number of aromatic nitrogens is 2. The molecule has 2 saturated heterocycles. The average molecular weight is 321 g/mol. The lowest BCUT2D eigenvalue weighted by atomic mass is 10.0. The zero-order chi connectivity index (χ0) is 14.9. The van der Waals surface area contributed by atoms with Gasteiger partial charge in [-0.3, -0.25) is 4.90 Å². The van der Waals surface area contributed by atoms with Crippen LogP contribution in [0.5, 0.6) is 11.8 Å². The molecule has 1 aromatic carbocycles. The maximum atomic E-state index is 12.9. The summed E-state index contributed by atoms with van der Waals surface area (Å²) in [6.45, 7) is 3.57. The van der Waals surface area contributed by atoms with Crippen molar-refractivity contribution < 1.29 is 13.9 Å². The van der Waals surface area contributed by atoms with E-state index in [0.29, 0.717) is 24.3 Å². The van der Waals surface area contributed by atoms with E-state index in [-0.39, 0.29) is 11.9 Å². The van der Waals surface area contributed by atoms with Gasteiger partial charge < -0.3 is 9.47 Å². The normalized spacial score (nSPS) is 26.3. The maximum absolute atomic E-state index is 12.9. The summed E-state index contributed by atoms with van der Waals surface area (Å²) in [6, 6.07) is 6.22. The molecule has 22 heavy (non-hydrogen) atoms. The van der Waals surface area contributed by atoms with Crippen molar-refractivity contribution in [1.82, 2.24) is 13.6 Å².